The minimum Gasteiger partial charge on any atom is -0.372 e. The van der Waals surface area contributed by atoms with Gasteiger partial charge in [-0.3, -0.25) is 9.59 Å². The van der Waals surface area contributed by atoms with Gasteiger partial charge in [-0.2, -0.15) is 0 Å². The van der Waals surface area contributed by atoms with Gasteiger partial charge < -0.3 is 19.9 Å². The van der Waals surface area contributed by atoms with Crippen molar-refractivity contribution in [2.24, 2.45) is 0 Å². The lowest BCUT2D eigenvalue weighted by Crippen LogP contribution is -3.09. The van der Waals surface area contributed by atoms with E-state index >= 15 is 0 Å². The van der Waals surface area contributed by atoms with Crippen LogP contribution in [-0.2, 0) is 16.1 Å². The summed E-state index contributed by atoms with van der Waals surface area (Å²) in [4.78, 5) is 27.0. The SMILES string of the molecule is CNC(=O)c1ccc(C[NH+](C)CC(=O)N2C[C@@H](C)O[C@@H](C)C2)cc1. The topological polar surface area (TPSA) is 63.1 Å². The van der Waals surface area contributed by atoms with E-state index in [4.69, 9.17) is 4.74 Å². The van der Waals surface area contributed by atoms with Crippen LogP contribution in [0.4, 0.5) is 0 Å². The molecule has 0 saturated carbocycles. The van der Waals surface area contributed by atoms with Gasteiger partial charge in [0.25, 0.3) is 11.8 Å². The van der Waals surface area contributed by atoms with Gasteiger partial charge in [-0.25, -0.2) is 0 Å². The van der Waals surface area contributed by atoms with Crippen LogP contribution in [0.3, 0.4) is 0 Å². The molecule has 3 atom stereocenters. The molecule has 24 heavy (non-hydrogen) atoms. The smallest absolute Gasteiger partial charge is 0.277 e. The molecule has 6 heteroatoms. The zero-order chi connectivity index (χ0) is 17.7. The highest BCUT2D eigenvalue weighted by molar-refractivity contribution is 5.93. The summed E-state index contributed by atoms with van der Waals surface area (Å²) in [5, 5.41) is 2.61. The van der Waals surface area contributed by atoms with Crippen molar-refractivity contribution in [1.82, 2.24) is 10.2 Å². The van der Waals surface area contributed by atoms with Crippen LogP contribution in [0.25, 0.3) is 0 Å². The van der Waals surface area contributed by atoms with E-state index in [0.29, 0.717) is 25.2 Å². The summed E-state index contributed by atoms with van der Waals surface area (Å²) in [7, 11) is 3.63. The van der Waals surface area contributed by atoms with E-state index in [2.05, 4.69) is 5.32 Å². The van der Waals surface area contributed by atoms with E-state index in [1.165, 1.54) is 0 Å². The molecule has 0 aromatic heterocycles. The number of quaternary nitrogens is 1. The third-order valence-corrected chi connectivity index (χ3v) is 4.17. The maximum atomic E-state index is 12.5. The highest BCUT2D eigenvalue weighted by Crippen LogP contribution is 2.10. The van der Waals surface area contributed by atoms with E-state index in [1.54, 1.807) is 7.05 Å². The molecule has 2 N–H and O–H groups in total. The van der Waals surface area contributed by atoms with Gasteiger partial charge in [0, 0.05) is 31.3 Å². The summed E-state index contributed by atoms with van der Waals surface area (Å²) in [5.74, 6) is 0.0736. The Balaban J connectivity index is 1.87. The molecule has 1 aliphatic heterocycles. The van der Waals surface area contributed by atoms with Gasteiger partial charge in [0.1, 0.15) is 6.54 Å². The van der Waals surface area contributed by atoms with Crippen LogP contribution in [0, 0.1) is 0 Å². The second kappa shape index (κ2) is 8.26. The summed E-state index contributed by atoms with van der Waals surface area (Å²) < 4.78 is 5.67. The molecule has 1 aliphatic rings. The molecule has 1 saturated heterocycles. The van der Waals surface area contributed by atoms with Gasteiger partial charge in [0.2, 0.25) is 0 Å². The molecule has 2 amide bonds. The molecule has 0 bridgehead atoms. The highest BCUT2D eigenvalue weighted by Gasteiger charge is 2.27. The van der Waals surface area contributed by atoms with Crippen molar-refractivity contribution in [2.45, 2.75) is 32.6 Å². The molecule has 1 unspecified atom stereocenters. The number of carbonyl (C=O) groups is 2. The monoisotopic (exact) mass is 334 g/mol. The molecular weight excluding hydrogens is 306 g/mol. The van der Waals surface area contributed by atoms with Crippen molar-refractivity contribution in [3.8, 4) is 0 Å². The number of benzene rings is 1. The lowest BCUT2D eigenvalue weighted by atomic mass is 10.1. The number of carbonyl (C=O) groups excluding carboxylic acids is 2. The second-order valence-corrected chi connectivity index (χ2v) is 6.64. The van der Waals surface area contributed by atoms with Gasteiger partial charge >= 0.3 is 0 Å². The van der Waals surface area contributed by atoms with Crippen molar-refractivity contribution in [3.63, 3.8) is 0 Å². The molecule has 2 rings (SSSR count). The molecule has 1 fully saturated rings. The van der Waals surface area contributed by atoms with Crippen LogP contribution < -0.4 is 10.2 Å². The van der Waals surface area contributed by atoms with E-state index in [1.807, 2.05) is 50.1 Å². The highest BCUT2D eigenvalue weighted by atomic mass is 16.5. The minimum atomic E-state index is -0.0898. The molecular formula is C18H28N3O3+. The van der Waals surface area contributed by atoms with Crippen LogP contribution >= 0.6 is 0 Å². The zero-order valence-corrected chi connectivity index (χ0v) is 15.0. The number of amides is 2. The number of hydrogen-bond donors (Lipinski definition) is 2. The minimum absolute atomic E-state index is 0.0898. The third kappa shape index (κ3) is 5.04. The number of ether oxygens (including phenoxy) is 1. The molecule has 0 radical (unpaired) electrons. The summed E-state index contributed by atoms with van der Waals surface area (Å²) >= 11 is 0. The number of rotatable bonds is 5. The van der Waals surface area contributed by atoms with Crippen molar-refractivity contribution < 1.29 is 19.2 Å². The average molecular weight is 334 g/mol. The van der Waals surface area contributed by atoms with E-state index in [9.17, 15) is 9.59 Å². The number of morpholine rings is 1. The molecule has 6 nitrogen and oxygen atoms in total. The van der Waals surface area contributed by atoms with Gasteiger partial charge in [0.05, 0.1) is 19.3 Å². The Labute approximate surface area is 143 Å². The van der Waals surface area contributed by atoms with Gasteiger partial charge in [-0.05, 0) is 26.0 Å². The Morgan fingerprint density at radius 2 is 1.79 bits per heavy atom. The van der Waals surface area contributed by atoms with Crippen molar-refractivity contribution >= 4 is 11.8 Å². The summed E-state index contributed by atoms with van der Waals surface area (Å²) in [6, 6.07) is 7.51. The molecule has 1 heterocycles. The Morgan fingerprint density at radius 3 is 2.33 bits per heavy atom. The van der Waals surface area contributed by atoms with E-state index < -0.39 is 0 Å². The molecule has 1 aromatic carbocycles. The largest absolute Gasteiger partial charge is 0.372 e. The lowest BCUT2D eigenvalue weighted by Gasteiger charge is -2.35. The number of likely N-dealkylation sites (N-methyl/N-ethyl adjacent to an activating group) is 1. The van der Waals surface area contributed by atoms with Gasteiger partial charge in [-0.15, -0.1) is 0 Å². The summed E-state index contributed by atoms with van der Waals surface area (Å²) in [6.07, 6.45) is 0.186. The second-order valence-electron chi connectivity index (χ2n) is 6.64. The van der Waals surface area contributed by atoms with Crippen LogP contribution in [0.15, 0.2) is 24.3 Å². The van der Waals surface area contributed by atoms with Crippen LogP contribution in [-0.4, -0.2) is 62.7 Å². The first-order valence-corrected chi connectivity index (χ1v) is 8.44. The van der Waals surface area contributed by atoms with Crippen LogP contribution in [0.1, 0.15) is 29.8 Å². The first-order chi connectivity index (χ1) is 11.4. The summed E-state index contributed by atoms with van der Waals surface area (Å²) in [5.41, 5.74) is 1.75. The Morgan fingerprint density at radius 1 is 1.21 bits per heavy atom. The van der Waals surface area contributed by atoms with Crippen LogP contribution in [0.5, 0.6) is 0 Å². The fourth-order valence-electron chi connectivity index (χ4n) is 3.08. The van der Waals surface area contributed by atoms with Gasteiger partial charge in [-0.1, -0.05) is 12.1 Å². The predicted molar refractivity (Wildman–Crippen MR) is 91.9 cm³/mol. The Bertz CT molecular complexity index is 563. The standard InChI is InChI=1S/C18H27N3O3/c1-13-9-21(10-14(2)24-13)17(22)12-20(4)11-15-5-7-16(8-6-15)18(23)19-3/h5-8,13-14H,9-12H2,1-4H3,(H,19,23)/p+1/t13-,14+. The van der Waals surface area contributed by atoms with Crippen molar-refractivity contribution in [3.05, 3.63) is 35.4 Å². The summed E-state index contributed by atoms with van der Waals surface area (Å²) in [6.45, 7) is 6.53. The third-order valence-electron chi connectivity index (χ3n) is 4.17. The number of nitrogens with zero attached hydrogens (tertiary/aromatic N) is 1. The fourth-order valence-corrected chi connectivity index (χ4v) is 3.08. The van der Waals surface area contributed by atoms with Crippen molar-refractivity contribution in [2.75, 3.05) is 33.7 Å². The van der Waals surface area contributed by atoms with E-state index in [0.717, 1.165) is 17.0 Å². The zero-order valence-electron chi connectivity index (χ0n) is 15.0. The Kier molecular flexibility index (Phi) is 6.34. The quantitative estimate of drug-likeness (QED) is 0.777. The molecule has 0 aliphatic carbocycles. The molecule has 0 spiro atoms. The fraction of sp³-hybridized carbons (Fsp3) is 0.556. The number of nitrogens with one attached hydrogen (secondary N) is 2. The molecule has 132 valence electrons. The van der Waals surface area contributed by atoms with E-state index in [-0.39, 0.29) is 24.0 Å². The van der Waals surface area contributed by atoms with Gasteiger partial charge in [0.15, 0.2) is 6.54 Å². The average Bonchev–Trinajstić information content (AvgIpc) is 2.53. The first kappa shape index (κ1) is 18.4. The Hall–Kier alpha value is -1.92. The maximum absolute atomic E-state index is 12.5. The first-order valence-electron chi connectivity index (χ1n) is 8.44. The predicted octanol–water partition coefficient (Wildman–Crippen LogP) is -0.303. The lowest BCUT2D eigenvalue weighted by molar-refractivity contribution is -0.885. The van der Waals surface area contributed by atoms with Crippen LogP contribution in [0.2, 0.25) is 0 Å². The molecule has 1 aromatic rings. The maximum Gasteiger partial charge on any atom is 0.277 e. The van der Waals surface area contributed by atoms with Crippen molar-refractivity contribution in [1.29, 1.82) is 0 Å². The normalized spacial score (nSPS) is 22.1. The number of hydrogen-bond acceptors (Lipinski definition) is 3.